The lowest BCUT2D eigenvalue weighted by atomic mass is 10.1. The second-order valence-electron chi connectivity index (χ2n) is 4.41. The summed E-state index contributed by atoms with van der Waals surface area (Å²) in [5, 5.41) is 3.39. The summed E-state index contributed by atoms with van der Waals surface area (Å²) in [5.74, 6) is 1.61. The Morgan fingerprint density at radius 1 is 1.39 bits per heavy atom. The Kier molecular flexibility index (Phi) is 6.29. The summed E-state index contributed by atoms with van der Waals surface area (Å²) in [7, 11) is 1.66. The van der Waals surface area contributed by atoms with Gasteiger partial charge in [0.25, 0.3) is 0 Å². The summed E-state index contributed by atoms with van der Waals surface area (Å²) in [6, 6.07) is 6.40. The van der Waals surface area contributed by atoms with Crippen molar-refractivity contribution in [2.24, 2.45) is 0 Å². The first-order valence-corrected chi connectivity index (χ1v) is 6.32. The van der Waals surface area contributed by atoms with Gasteiger partial charge in [-0.25, -0.2) is 0 Å². The Hall–Kier alpha value is -1.48. The molecule has 1 rings (SSSR count). The molecule has 0 unspecified atom stereocenters. The summed E-state index contributed by atoms with van der Waals surface area (Å²) in [4.78, 5) is 0. The highest BCUT2D eigenvalue weighted by molar-refractivity contribution is 5.46. The monoisotopic (exact) mass is 249 g/mol. The molecule has 0 aliphatic carbocycles. The Morgan fingerprint density at radius 2 is 2.17 bits per heavy atom. The van der Waals surface area contributed by atoms with E-state index in [2.05, 4.69) is 31.8 Å². The Bertz CT molecular complexity index is 375. The minimum Gasteiger partial charge on any atom is -0.493 e. The minimum atomic E-state index is 0.442. The molecule has 0 radical (unpaired) electrons. The number of rotatable bonds is 8. The smallest absolute Gasteiger partial charge is 0.165 e. The number of hydrogen-bond donors (Lipinski definition) is 1. The fraction of sp³-hybridized carbons (Fsp3) is 0.467. The first-order chi connectivity index (χ1) is 8.69. The molecule has 3 nitrogen and oxygen atoms in total. The van der Waals surface area contributed by atoms with Gasteiger partial charge in [-0.2, -0.15) is 0 Å². The van der Waals surface area contributed by atoms with E-state index in [0.29, 0.717) is 12.6 Å². The number of hydrogen-bond acceptors (Lipinski definition) is 3. The molecule has 1 aromatic rings. The van der Waals surface area contributed by atoms with Crippen LogP contribution in [0.1, 0.15) is 25.8 Å². The van der Waals surface area contributed by atoms with Crippen molar-refractivity contribution in [1.82, 2.24) is 5.32 Å². The van der Waals surface area contributed by atoms with E-state index in [9.17, 15) is 0 Å². The molecule has 0 spiro atoms. The van der Waals surface area contributed by atoms with Crippen LogP contribution in [-0.2, 0) is 6.54 Å². The molecule has 0 saturated carbocycles. The van der Waals surface area contributed by atoms with E-state index in [1.54, 1.807) is 7.11 Å². The average Bonchev–Trinajstić information content (AvgIpc) is 2.37. The van der Waals surface area contributed by atoms with Gasteiger partial charge in [-0.15, -0.1) is 6.58 Å². The van der Waals surface area contributed by atoms with Gasteiger partial charge < -0.3 is 14.8 Å². The zero-order valence-corrected chi connectivity index (χ0v) is 11.5. The molecule has 3 heteroatoms. The fourth-order valence-electron chi connectivity index (χ4n) is 1.58. The van der Waals surface area contributed by atoms with E-state index < -0.39 is 0 Å². The van der Waals surface area contributed by atoms with Gasteiger partial charge in [-0.3, -0.25) is 0 Å². The van der Waals surface area contributed by atoms with Crippen molar-refractivity contribution in [2.45, 2.75) is 32.9 Å². The lowest BCUT2D eigenvalue weighted by Crippen LogP contribution is -2.22. The summed E-state index contributed by atoms with van der Waals surface area (Å²) in [6.07, 6.45) is 2.68. The van der Waals surface area contributed by atoms with E-state index in [-0.39, 0.29) is 0 Å². The number of benzene rings is 1. The lowest BCUT2D eigenvalue weighted by Gasteiger charge is -2.16. The Morgan fingerprint density at radius 3 is 2.78 bits per heavy atom. The van der Waals surface area contributed by atoms with E-state index in [1.165, 1.54) is 0 Å². The zero-order chi connectivity index (χ0) is 13.4. The highest BCUT2D eigenvalue weighted by Crippen LogP contribution is 2.31. The van der Waals surface area contributed by atoms with Gasteiger partial charge in [0.1, 0.15) is 0 Å². The van der Waals surface area contributed by atoms with Crippen molar-refractivity contribution in [3.05, 3.63) is 36.4 Å². The molecule has 0 aromatic heterocycles. The van der Waals surface area contributed by atoms with Gasteiger partial charge in [0.15, 0.2) is 11.5 Å². The predicted molar refractivity (Wildman–Crippen MR) is 75.3 cm³/mol. The molecule has 100 valence electrons. The van der Waals surface area contributed by atoms with Crippen LogP contribution in [0.5, 0.6) is 11.5 Å². The quantitative estimate of drug-likeness (QED) is 0.567. The number of para-hydroxylation sites is 1. The largest absolute Gasteiger partial charge is 0.493 e. The molecule has 18 heavy (non-hydrogen) atoms. The summed E-state index contributed by atoms with van der Waals surface area (Å²) in [5.41, 5.74) is 1.12. The summed E-state index contributed by atoms with van der Waals surface area (Å²) < 4.78 is 11.1. The van der Waals surface area contributed by atoms with Crippen LogP contribution in [0.3, 0.4) is 0 Å². The third-order valence-corrected chi connectivity index (χ3v) is 2.55. The van der Waals surface area contributed by atoms with Crippen LogP contribution in [0.25, 0.3) is 0 Å². The van der Waals surface area contributed by atoms with Crippen LogP contribution >= 0.6 is 0 Å². The van der Waals surface area contributed by atoms with E-state index >= 15 is 0 Å². The molecule has 0 aliphatic rings. The van der Waals surface area contributed by atoms with Gasteiger partial charge in [0.2, 0.25) is 0 Å². The molecule has 1 N–H and O–H groups in total. The average molecular weight is 249 g/mol. The summed E-state index contributed by atoms with van der Waals surface area (Å²) >= 11 is 0. The molecule has 0 aliphatic heterocycles. The fourth-order valence-corrected chi connectivity index (χ4v) is 1.58. The maximum atomic E-state index is 5.80. The Balaban J connectivity index is 2.82. The lowest BCUT2D eigenvalue weighted by molar-refractivity contribution is 0.295. The molecule has 0 saturated heterocycles. The van der Waals surface area contributed by atoms with E-state index in [0.717, 1.165) is 30.0 Å². The van der Waals surface area contributed by atoms with E-state index in [4.69, 9.17) is 9.47 Å². The second kappa shape index (κ2) is 7.77. The standard InChI is InChI=1S/C15H23NO2/c1-5-6-10-18-15-13(11-16-12(2)3)8-7-9-14(15)17-4/h5,7-9,12,16H,1,6,10-11H2,2-4H3. The molecular formula is C15H23NO2. The zero-order valence-electron chi connectivity index (χ0n) is 11.5. The second-order valence-corrected chi connectivity index (χ2v) is 4.41. The highest BCUT2D eigenvalue weighted by atomic mass is 16.5. The maximum Gasteiger partial charge on any atom is 0.165 e. The Labute approximate surface area is 110 Å². The van der Waals surface area contributed by atoms with Crippen molar-refractivity contribution in [3.63, 3.8) is 0 Å². The molecular weight excluding hydrogens is 226 g/mol. The minimum absolute atomic E-state index is 0.442. The maximum absolute atomic E-state index is 5.80. The number of ether oxygens (including phenoxy) is 2. The van der Waals surface area contributed by atoms with Gasteiger partial charge in [0.05, 0.1) is 13.7 Å². The molecule has 0 atom stereocenters. The first-order valence-electron chi connectivity index (χ1n) is 6.32. The first kappa shape index (κ1) is 14.6. The highest BCUT2D eigenvalue weighted by Gasteiger charge is 2.10. The van der Waals surface area contributed by atoms with Crippen LogP contribution < -0.4 is 14.8 Å². The van der Waals surface area contributed by atoms with Crippen molar-refractivity contribution in [1.29, 1.82) is 0 Å². The summed E-state index contributed by atoms with van der Waals surface area (Å²) in [6.45, 7) is 9.34. The van der Waals surface area contributed by atoms with E-state index in [1.807, 2.05) is 18.2 Å². The number of nitrogens with one attached hydrogen (secondary N) is 1. The van der Waals surface area contributed by atoms with Crippen molar-refractivity contribution >= 4 is 0 Å². The molecule has 0 heterocycles. The third-order valence-electron chi connectivity index (χ3n) is 2.55. The van der Waals surface area contributed by atoms with Gasteiger partial charge in [0, 0.05) is 18.2 Å². The topological polar surface area (TPSA) is 30.5 Å². The van der Waals surface area contributed by atoms with Crippen LogP contribution in [-0.4, -0.2) is 19.8 Å². The van der Waals surface area contributed by atoms with Gasteiger partial charge in [-0.05, 0) is 12.5 Å². The van der Waals surface area contributed by atoms with Crippen molar-refractivity contribution in [2.75, 3.05) is 13.7 Å². The van der Waals surface area contributed by atoms with Crippen LogP contribution in [0, 0.1) is 0 Å². The normalized spacial score (nSPS) is 10.4. The van der Waals surface area contributed by atoms with Crippen molar-refractivity contribution in [3.8, 4) is 11.5 Å². The van der Waals surface area contributed by atoms with Crippen molar-refractivity contribution < 1.29 is 9.47 Å². The van der Waals surface area contributed by atoms with Crippen LogP contribution in [0.15, 0.2) is 30.9 Å². The van der Waals surface area contributed by atoms with Gasteiger partial charge in [-0.1, -0.05) is 32.1 Å². The SMILES string of the molecule is C=CCCOc1c(CNC(C)C)cccc1OC. The van der Waals surface area contributed by atoms with Gasteiger partial charge >= 0.3 is 0 Å². The number of methoxy groups -OCH3 is 1. The van der Waals surface area contributed by atoms with Crippen LogP contribution in [0.4, 0.5) is 0 Å². The molecule has 0 fully saturated rings. The molecule has 1 aromatic carbocycles. The predicted octanol–water partition coefficient (Wildman–Crippen LogP) is 3.15. The molecule has 0 bridgehead atoms. The molecule has 0 amide bonds. The van der Waals surface area contributed by atoms with Crippen LogP contribution in [0.2, 0.25) is 0 Å². The third kappa shape index (κ3) is 4.41.